The topological polar surface area (TPSA) is 47.6 Å². The molecule has 1 N–H and O–H groups in total. The Bertz CT molecular complexity index is 677. The van der Waals surface area contributed by atoms with Gasteiger partial charge in [0.2, 0.25) is 0 Å². The first-order chi connectivity index (χ1) is 11.1. The molecule has 0 aliphatic carbocycles. The van der Waals surface area contributed by atoms with E-state index in [1.54, 1.807) is 42.5 Å². The molecule has 0 radical (unpaired) electrons. The number of hydrogen-bond donors (Lipinski definition) is 1. The Morgan fingerprint density at radius 3 is 2.65 bits per heavy atom. The Kier molecular flexibility index (Phi) is 6.71. The van der Waals surface area contributed by atoms with Gasteiger partial charge >= 0.3 is 0 Å². The highest BCUT2D eigenvalue weighted by atomic mass is 35.5. The van der Waals surface area contributed by atoms with Crippen molar-refractivity contribution < 1.29 is 14.3 Å². The first-order valence-electron chi connectivity index (χ1n) is 7.17. The van der Waals surface area contributed by atoms with E-state index in [1.807, 2.05) is 6.92 Å². The minimum absolute atomic E-state index is 0.251. The SMILES string of the molecule is CCOCCOc1cccc(C(=O)Nc2ccc(Cl)c(Cl)c2)c1. The quantitative estimate of drug-likeness (QED) is 0.736. The van der Waals surface area contributed by atoms with Crippen LogP contribution in [0.15, 0.2) is 42.5 Å². The highest BCUT2D eigenvalue weighted by molar-refractivity contribution is 6.42. The number of amides is 1. The normalized spacial score (nSPS) is 10.4. The standard InChI is InChI=1S/C17H17Cl2NO3/c1-2-22-8-9-23-14-5-3-4-12(10-14)17(21)20-13-6-7-15(18)16(19)11-13/h3-7,10-11H,2,8-9H2,1H3,(H,20,21). The highest BCUT2D eigenvalue weighted by Crippen LogP contribution is 2.25. The summed E-state index contributed by atoms with van der Waals surface area (Å²) in [6.45, 7) is 3.52. The summed E-state index contributed by atoms with van der Waals surface area (Å²) in [5, 5.41) is 3.59. The molecular formula is C17H17Cl2NO3. The molecule has 2 rings (SSSR count). The van der Waals surface area contributed by atoms with E-state index >= 15 is 0 Å². The predicted octanol–water partition coefficient (Wildman–Crippen LogP) is 4.66. The maximum Gasteiger partial charge on any atom is 0.255 e. The lowest BCUT2D eigenvalue weighted by molar-refractivity contribution is 0.102. The molecule has 2 aromatic rings. The van der Waals surface area contributed by atoms with E-state index in [9.17, 15) is 4.79 Å². The first kappa shape index (κ1) is 17.6. The van der Waals surface area contributed by atoms with Gasteiger partial charge in [0.05, 0.1) is 16.7 Å². The van der Waals surface area contributed by atoms with Crippen molar-refractivity contribution in [3.05, 3.63) is 58.1 Å². The van der Waals surface area contributed by atoms with E-state index in [1.165, 1.54) is 0 Å². The van der Waals surface area contributed by atoms with E-state index < -0.39 is 0 Å². The van der Waals surface area contributed by atoms with Crippen LogP contribution in [0, 0.1) is 0 Å². The minimum Gasteiger partial charge on any atom is -0.491 e. The zero-order valence-corrected chi connectivity index (χ0v) is 14.2. The van der Waals surface area contributed by atoms with Gasteiger partial charge < -0.3 is 14.8 Å². The number of benzene rings is 2. The smallest absolute Gasteiger partial charge is 0.255 e. The summed E-state index contributed by atoms with van der Waals surface area (Å²) in [6.07, 6.45) is 0. The number of anilines is 1. The second-order valence-electron chi connectivity index (χ2n) is 4.66. The maximum absolute atomic E-state index is 12.3. The lowest BCUT2D eigenvalue weighted by atomic mass is 10.2. The van der Waals surface area contributed by atoms with Gasteiger partial charge in [-0.3, -0.25) is 4.79 Å². The molecule has 23 heavy (non-hydrogen) atoms. The minimum atomic E-state index is -0.251. The van der Waals surface area contributed by atoms with Crippen LogP contribution in [0.5, 0.6) is 5.75 Å². The second kappa shape index (κ2) is 8.77. The first-order valence-corrected chi connectivity index (χ1v) is 7.92. The van der Waals surface area contributed by atoms with Crippen LogP contribution in [0.3, 0.4) is 0 Å². The van der Waals surface area contributed by atoms with Gasteiger partial charge in [0, 0.05) is 17.9 Å². The van der Waals surface area contributed by atoms with Crippen molar-refractivity contribution in [2.45, 2.75) is 6.92 Å². The molecule has 0 aromatic heterocycles. The molecule has 0 saturated heterocycles. The van der Waals surface area contributed by atoms with Gasteiger partial charge in [-0.25, -0.2) is 0 Å². The van der Waals surface area contributed by atoms with Gasteiger partial charge in [-0.2, -0.15) is 0 Å². The highest BCUT2D eigenvalue weighted by Gasteiger charge is 2.08. The van der Waals surface area contributed by atoms with Crippen LogP contribution in [0.1, 0.15) is 17.3 Å². The average molecular weight is 354 g/mol. The van der Waals surface area contributed by atoms with E-state index in [0.29, 0.717) is 46.9 Å². The van der Waals surface area contributed by atoms with Crippen LogP contribution in [0.25, 0.3) is 0 Å². The van der Waals surface area contributed by atoms with Crippen LogP contribution in [-0.4, -0.2) is 25.7 Å². The molecule has 0 heterocycles. The number of carbonyl (C=O) groups is 1. The van der Waals surface area contributed by atoms with Crippen LogP contribution in [0.2, 0.25) is 10.0 Å². The summed E-state index contributed by atoms with van der Waals surface area (Å²) in [5.41, 5.74) is 1.07. The van der Waals surface area contributed by atoms with Crippen molar-refractivity contribution in [3.63, 3.8) is 0 Å². The van der Waals surface area contributed by atoms with Gasteiger partial charge in [0.25, 0.3) is 5.91 Å². The third-order valence-electron chi connectivity index (χ3n) is 2.97. The fraction of sp³-hybridized carbons (Fsp3) is 0.235. The molecule has 0 aliphatic rings. The second-order valence-corrected chi connectivity index (χ2v) is 5.47. The van der Waals surface area contributed by atoms with Gasteiger partial charge in [-0.15, -0.1) is 0 Å². The molecule has 0 unspecified atom stereocenters. The Morgan fingerprint density at radius 1 is 1.09 bits per heavy atom. The molecule has 0 fully saturated rings. The van der Waals surface area contributed by atoms with Gasteiger partial charge in [0.15, 0.2) is 0 Å². The third-order valence-corrected chi connectivity index (χ3v) is 3.71. The van der Waals surface area contributed by atoms with E-state index in [4.69, 9.17) is 32.7 Å². The summed E-state index contributed by atoms with van der Waals surface area (Å²) in [7, 11) is 0. The van der Waals surface area contributed by atoms with Crippen molar-refractivity contribution in [2.24, 2.45) is 0 Å². The number of hydrogen-bond acceptors (Lipinski definition) is 3. The molecule has 0 spiro atoms. The molecule has 0 saturated carbocycles. The van der Waals surface area contributed by atoms with Crippen molar-refractivity contribution in [1.82, 2.24) is 0 Å². The summed E-state index contributed by atoms with van der Waals surface area (Å²) >= 11 is 11.8. The van der Waals surface area contributed by atoms with Crippen molar-refractivity contribution >= 4 is 34.8 Å². The molecule has 2 aromatic carbocycles. The fourth-order valence-corrected chi connectivity index (χ4v) is 2.17. The zero-order chi connectivity index (χ0) is 16.7. The molecule has 0 atom stereocenters. The number of halogens is 2. The molecule has 122 valence electrons. The predicted molar refractivity (Wildman–Crippen MR) is 92.8 cm³/mol. The molecule has 0 bridgehead atoms. The lowest BCUT2D eigenvalue weighted by Crippen LogP contribution is -2.12. The molecule has 0 aliphatic heterocycles. The van der Waals surface area contributed by atoms with Gasteiger partial charge in [0.1, 0.15) is 12.4 Å². The molecule has 4 nitrogen and oxygen atoms in total. The average Bonchev–Trinajstić information content (AvgIpc) is 2.55. The van der Waals surface area contributed by atoms with E-state index in [-0.39, 0.29) is 5.91 Å². The van der Waals surface area contributed by atoms with Crippen molar-refractivity contribution in [2.75, 3.05) is 25.1 Å². The fourth-order valence-electron chi connectivity index (χ4n) is 1.87. The summed E-state index contributed by atoms with van der Waals surface area (Å²) in [5.74, 6) is 0.366. The Morgan fingerprint density at radius 2 is 1.91 bits per heavy atom. The number of nitrogens with one attached hydrogen (secondary N) is 1. The monoisotopic (exact) mass is 353 g/mol. The summed E-state index contributed by atoms with van der Waals surface area (Å²) in [6, 6.07) is 11.9. The van der Waals surface area contributed by atoms with Crippen molar-refractivity contribution in [3.8, 4) is 5.75 Å². The lowest BCUT2D eigenvalue weighted by Gasteiger charge is -2.09. The van der Waals surface area contributed by atoms with E-state index in [2.05, 4.69) is 5.32 Å². The molecule has 1 amide bonds. The summed E-state index contributed by atoms with van der Waals surface area (Å²) < 4.78 is 10.7. The zero-order valence-electron chi connectivity index (χ0n) is 12.6. The Labute approximate surface area is 145 Å². The number of carbonyl (C=O) groups excluding carboxylic acids is 1. The van der Waals surface area contributed by atoms with Crippen LogP contribution in [0.4, 0.5) is 5.69 Å². The number of ether oxygens (including phenoxy) is 2. The molecule has 6 heteroatoms. The van der Waals surface area contributed by atoms with Crippen molar-refractivity contribution in [1.29, 1.82) is 0 Å². The Balaban J connectivity index is 2.00. The van der Waals surface area contributed by atoms with Crippen LogP contribution in [-0.2, 0) is 4.74 Å². The maximum atomic E-state index is 12.3. The van der Waals surface area contributed by atoms with E-state index in [0.717, 1.165) is 0 Å². The van der Waals surface area contributed by atoms with Gasteiger partial charge in [-0.1, -0.05) is 29.3 Å². The molecular weight excluding hydrogens is 337 g/mol. The summed E-state index contributed by atoms with van der Waals surface area (Å²) in [4.78, 5) is 12.3. The van der Waals surface area contributed by atoms with Crippen LogP contribution >= 0.6 is 23.2 Å². The number of rotatable bonds is 7. The van der Waals surface area contributed by atoms with Crippen LogP contribution < -0.4 is 10.1 Å². The largest absolute Gasteiger partial charge is 0.491 e. The Hall–Kier alpha value is -1.75. The third kappa shape index (κ3) is 5.43. The van der Waals surface area contributed by atoms with Gasteiger partial charge in [-0.05, 0) is 43.3 Å².